The third kappa shape index (κ3) is 1.75. The number of halogens is 1. The lowest BCUT2D eigenvalue weighted by molar-refractivity contribution is 0.276. The van der Waals surface area contributed by atoms with Crippen molar-refractivity contribution in [3.63, 3.8) is 0 Å². The highest BCUT2D eigenvalue weighted by molar-refractivity contribution is 9.10. The summed E-state index contributed by atoms with van der Waals surface area (Å²) in [7, 11) is 0. The lowest BCUT2D eigenvalue weighted by Crippen LogP contribution is -1.89. The fraction of sp³-hybridized carbons (Fsp3) is 0.100. The molecule has 1 aromatic heterocycles. The molecular weight excluding hydrogens is 258 g/mol. The fourth-order valence-corrected chi connectivity index (χ4v) is 1.88. The highest BCUT2D eigenvalue weighted by Gasteiger charge is 2.13. The van der Waals surface area contributed by atoms with E-state index < -0.39 is 0 Å². The van der Waals surface area contributed by atoms with Crippen LogP contribution in [0.4, 0.5) is 5.69 Å². The molecule has 1 aromatic carbocycles. The molecule has 4 nitrogen and oxygen atoms in total. The molecule has 4 N–H and O–H groups in total. The van der Waals surface area contributed by atoms with Gasteiger partial charge in [0.25, 0.3) is 0 Å². The van der Waals surface area contributed by atoms with Gasteiger partial charge in [0, 0.05) is 11.3 Å². The molecule has 0 saturated carbocycles. The van der Waals surface area contributed by atoms with Gasteiger partial charge in [-0.1, -0.05) is 18.2 Å². The summed E-state index contributed by atoms with van der Waals surface area (Å²) in [5.74, 6) is 0. The Kier molecular flexibility index (Phi) is 2.75. The van der Waals surface area contributed by atoms with Crippen LogP contribution < -0.4 is 5.73 Å². The zero-order valence-corrected chi connectivity index (χ0v) is 9.45. The van der Waals surface area contributed by atoms with E-state index in [1.807, 2.05) is 24.3 Å². The third-order valence-electron chi connectivity index (χ3n) is 2.15. The second kappa shape index (κ2) is 4.04. The van der Waals surface area contributed by atoms with Crippen molar-refractivity contribution in [3.8, 4) is 11.3 Å². The fourth-order valence-electron chi connectivity index (χ4n) is 1.36. The number of aliphatic hydroxyl groups is 1. The molecule has 0 saturated heterocycles. The van der Waals surface area contributed by atoms with Gasteiger partial charge in [-0.25, -0.2) is 0 Å². The van der Waals surface area contributed by atoms with E-state index in [1.165, 1.54) is 0 Å². The molecule has 0 bridgehead atoms. The van der Waals surface area contributed by atoms with Crippen molar-refractivity contribution in [1.29, 1.82) is 0 Å². The number of H-pyrrole nitrogens is 1. The smallest absolute Gasteiger partial charge is 0.109 e. The molecule has 0 amide bonds. The highest BCUT2D eigenvalue weighted by Crippen LogP contribution is 2.32. The molecule has 15 heavy (non-hydrogen) atoms. The van der Waals surface area contributed by atoms with Crippen LogP contribution in [0.25, 0.3) is 11.3 Å². The normalized spacial score (nSPS) is 10.5. The van der Waals surface area contributed by atoms with Gasteiger partial charge in [0.2, 0.25) is 0 Å². The van der Waals surface area contributed by atoms with Crippen LogP contribution in [0.1, 0.15) is 5.69 Å². The maximum absolute atomic E-state index is 9.02. The van der Waals surface area contributed by atoms with Crippen LogP contribution in [-0.2, 0) is 6.61 Å². The van der Waals surface area contributed by atoms with Crippen molar-refractivity contribution < 1.29 is 5.11 Å². The van der Waals surface area contributed by atoms with E-state index >= 15 is 0 Å². The first-order chi connectivity index (χ1) is 7.24. The predicted molar refractivity (Wildman–Crippen MR) is 62.1 cm³/mol. The molecule has 0 aliphatic carbocycles. The van der Waals surface area contributed by atoms with Crippen LogP contribution in [0.3, 0.4) is 0 Å². The average molecular weight is 268 g/mol. The lowest BCUT2D eigenvalue weighted by Gasteiger charge is -2.01. The first kappa shape index (κ1) is 10.2. The van der Waals surface area contributed by atoms with Crippen molar-refractivity contribution in [3.05, 3.63) is 34.4 Å². The predicted octanol–water partition coefficient (Wildman–Crippen LogP) is 1.91. The number of nitrogens with zero attached hydrogens (tertiary/aromatic N) is 1. The van der Waals surface area contributed by atoms with Crippen molar-refractivity contribution in [2.24, 2.45) is 0 Å². The molecule has 0 spiro atoms. The third-order valence-corrected chi connectivity index (χ3v) is 3.00. The number of aromatic nitrogens is 2. The zero-order valence-electron chi connectivity index (χ0n) is 7.87. The number of aromatic amines is 1. The van der Waals surface area contributed by atoms with Crippen molar-refractivity contribution >= 4 is 21.6 Å². The van der Waals surface area contributed by atoms with Crippen LogP contribution in [0, 0.1) is 0 Å². The Morgan fingerprint density at radius 3 is 2.73 bits per heavy atom. The van der Waals surface area contributed by atoms with E-state index in [0.717, 1.165) is 15.7 Å². The Morgan fingerprint density at radius 2 is 2.13 bits per heavy atom. The quantitative estimate of drug-likeness (QED) is 0.728. The molecule has 1 heterocycles. The molecule has 0 radical (unpaired) electrons. The van der Waals surface area contributed by atoms with E-state index in [2.05, 4.69) is 26.1 Å². The topological polar surface area (TPSA) is 74.9 Å². The molecule has 2 aromatic rings. The molecular formula is C10H10BrN3O. The number of hydrogen-bond donors (Lipinski definition) is 3. The summed E-state index contributed by atoms with van der Waals surface area (Å²) < 4.78 is 0.753. The van der Waals surface area contributed by atoms with Crippen LogP contribution in [0.2, 0.25) is 0 Å². The monoisotopic (exact) mass is 267 g/mol. The Morgan fingerprint density at radius 1 is 1.40 bits per heavy atom. The van der Waals surface area contributed by atoms with Gasteiger partial charge in [0.05, 0.1) is 16.8 Å². The van der Waals surface area contributed by atoms with Crippen LogP contribution in [0.15, 0.2) is 28.7 Å². The number of rotatable bonds is 2. The van der Waals surface area contributed by atoms with Gasteiger partial charge < -0.3 is 10.8 Å². The first-order valence-electron chi connectivity index (χ1n) is 4.42. The summed E-state index contributed by atoms with van der Waals surface area (Å²) in [5, 5.41) is 15.9. The molecule has 5 heteroatoms. The van der Waals surface area contributed by atoms with Gasteiger partial charge in [0.1, 0.15) is 5.69 Å². The molecule has 0 aliphatic rings. The number of nitrogens with two attached hydrogens (primary N) is 1. The Hall–Kier alpha value is -1.33. The molecule has 0 fully saturated rings. The Bertz CT molecular complexity index is 481. The second-order valence-corrected chi connectivity index (χ2v) is 3.90. The molecule has 2 rings (SSSR count). The maximum Gasteiger partial charge on any atom is 0.109 e. The van der Waals surface area contributed by atoms with Crippen molar-refractivity contribution in [1.82, 2.24) is 10.2 Å². The molecule has 0 aliphatic heterocycles. The number of para-hydroxylation sites is 1. The van der Waals surface area contributed by atoms with Gasteiger partial charge >= 0.3 is 0 Å². The summed E-state index contributed by atoms with van der Waals surface area (Å²) in [6, 6.07) is 7.46. The van der Waals surface area contributed by atoms with Gasteiger partial charge in [-0.2, -0.15) is 5.10 Å². The Labute approximate surface area is 95.3 Å². The standard InChI is InChI=1S/C10H10BrN3O/c11-9-8(5-15)13-14-10(9)6-3-1-2-4-7(6)12/h1-4,15H,5,12H2,(H,13,14). The number of aliphatic hydroxyl groups excluding tert-OH is 1. The Balaban J connectivity index is 2.55. The summed E-state index contributed by atoms with van der Waals surface area (Å²) in [6.07, 6.45) is 0. The minimum absolute atomic E-state index is 0.0830. The van der Waals surface area contributed by atoms with Gasteiger partial charge in [-0.3, -0.25) is 5.10 Å². The second-order valence-electron chi connectivity index (χ2n) is 3.11. The van der Waals surface area contributed by atoms with Gasteiger partial charge in [-0.05, 0) is 22.0 Å². The summed E-state index contributed by atoms with van der Waals surface area (Å²) in [5.41, 5.74) is 8.71. The minimum Gasteiger partial charge on any atom is -0.398 e. The van der Waals surface area contributed by atoms with Crippen LogP contribution >= 0.6 is 15.9 Å². The number of nitrogen functional groups attached to an aromatic ring is 1. The van der Waals surface area contributed by atoms with Crippen molar-refractivity contribution in [2.45, 2.75) is 6.61 Å². The lowest BCUT2D eigenvalue weighted by atomic mass is 10.1. The zero-order chi connectivity index (χ0) is 10.8. The number of anilines is 1. The first-order valence-corrected chi connectivity index (χ1v) is 5.22. The van der Waals surface area contributed by atoms with E-state index in [0.29, 0.717) is 11.4 Å². The SMILES string of the molecule is Nc1ccccc1-c1n[nH]c(CO)c1Br. The van der Waals surface area contributed by atoms with Crippen molar-refractivity contribution in [2.75, 3.05) is 5.73 Å². The number of benzene rings is 1. The number of hydrogen-bond acceptors (Lipinski definition) is 3. The van der Waals surface area contributed by atoms with Crippen LogP contribution in [0.5, 0.6) is 0 Å². The van der Waals surface area contributed by atoms with E-state index in [9.17, 15) is 0 Å². The number of nitrogens with one attached hydrogen (secondary N) is 1. The maximum atomic E-state index is 9.02. The van der Waals surface area contributed by atoms with Gasteiger partial charge in [0.15, 0.2) is 0 Å². The minimum atomic E-state index is -0.0830. The summed E-state index contributed by atoms with van der Waals surface area (Å²) in [4.78, 5) is 0. The van der Waals surface area contributed by atoms with E-state index in [1.54, 1.807) is 0 Å². The average Bonchev–Trinajstić information content (AvgIpc) is 2.60. The van der Waals surface area contributed by atoms with E-state index in [-0.39, 0.29) is 6.61 Å². The summed E-state index contributed by atoms with van der Waals surface area (Å²) in [6.45, 7) is -0.0830. The molecule has 78 valence electrons. The molecule has 0 unspecified atom stereocenters. The molecule has 0 atom stereocenters. The highest BCUT2D eigenvalue weighted by atomic mass is 79.9. The van der Waals surface area contributed by atoms with Gasteiger partial charge in [-0.15, -0.1) is 0 Å². The summed E-state index contributed by atoms with van der Waals surface area (Å²) >= 11 is 3.37. The van der Waals surface area contributed by atoms with E-state index in [4.69, 9.17) is 10.8 Å². The van der Waals surface area contributed by atoms with Crippen LogP contribution in [-0.4, -0.2) is 15.3 Å². The largest absolute Gasteiger partial charge is 0.398 e.